The van der Waals surface area contributed by atoms with Gasteiger partial charge in [0, 0.05) is 29.1 Å². The molecule has 1 aromatic rings. The third kappa shape index (κ3) is 1.45. The van der Waals surface area contributed by atoms with Gasteiger partial charge in [-0.05, 0) is 29.2 Å². The van der Waals surface area contributed by atoms with Gasteiger partial charge in [-0.2, -0.15) is 0 Å². The molecule has 2 rings (SSSR count). The minimum absolute atomic E-state index is 0. The van der Waals surface area contributed by atoms with E-state index in [1.54, 1.807) is 0 Å². The van der Waals surface area contributed by atoms with Crippen molar-refractivity contribution in [1.29, 1.82) is 0 Å². The number of hydrogen-bond acceptors (Lipinski definition) is 0. The van der Waals surface area contributed by atoms with E-state index in [-0.39, 0.29) is 18.9 Å². The zero-order valence-corrected chi connectivity index (χ0v) is 8.46. The molecule has 1 aliphatic rings. The maximum absolute atomic E-state index is 3.63. The van der Waals surface area contributed by atoms with Crippen molar-refractivity contribution in [3.8, 4) is 0 Å². The summed E-state index contributed by atoms with van der Waals surface area (Å²) in [5, 5.41) is 0. The van der Waals surface area contributed by atoms with Crippen LogP contribution in [0.25, 0.3) is 6.08 Å². The van der Waals surface area contributed by atoms with Gasteiger partial charge >= 0.3 is 0 Å². The predicted molar refractivity (Wildman–Crippen MR) is 54.5 cm³/mol. The van der Waals surface area contributed by atoms with Gasteiger partial charge in [-0.15, -0.1) is 0 Å². The Hall–Kier alpha value is -0.226. The molecule has 1 atom stereocenters. The summed E-state index contributed by atoms with van der Waals surface area (Å²) in [5.74, 6) is 0. The first-order valence-electron chi connectivity index (χ1n) is 3.78. The summed E-state index contributed by atoms with van der Waals surface area (Å²) in [4.78, 5) is 0. The van der Waals surface area contributed by atoms with Crippen LogP contribution < -0.4 is 0 Å². The van der Waals surface area contributed by atoms with Gasteiger partial charge < -0.3 is 0 Å². The van der Waals surface area contributed by atoms with Crippen LogP contribution in [-0.4, -0.2) is 29.1 Å². The summed E-state index contributed by atoms with van der Waals surface area (Å²) < 4.78 is 0. The summed E-state index contributed by atoms with van der Waals surface area (Å²) >= 11 is 0. The van der Waals surface area contributed by atoms with Crippen LogP contribution in [-0.2, 0) is 0 Å². The van der Waals surface area contributed by atoms with Gasteiger partial charge in [0.25, 0.3) is 0 Å². The Morgan fingerprint density at radius 2 is 2.08 bits per heavy atom. The van der Waals surface area contributed by atoms with Crippen LogP contribution in [0.3, 0.4) is 0 Å². The second-order valence-corrected chi connectivity index (χ2v) is 3.54. The number of hydrogen-bond donors (Lipinski definition) is 0. The molecule has 0 spiro atoms. The Labute approximate surface area is 88.7 Å². The van der Waals surface area contributed by atoms with Crippen molar-refractivity contribution in [2.75, 3.05) is 0 Å². The molecule has 0 saturated heterocycles. The van der Waals surface area contributed by atoms with Crippen molar-refractivity contribution in [2.45, 2.75) is 12.5 Å². The number of allylic oxidation sites excluding steroid dienone is 1. The van der Waals surface area contributed by atoms with Crippen LogP contribution >= 0.6 is 0 Å². The largest absolute Gasteiger partial charge is 0.0800 e. The molecule has 0 N–H and O–H groups in total. The summed E-state index contributed by atoms with van der Waals surface area (Å²) in [6.07, 6.45) is 4.36. The average Bonchev–Trinajstić information content (AvgIpc) is 2.35. The molecule has 12 heavy (non-hydrogen) atoms. The van der Waals surface area contributed by atoms with Crippen molar-refractivity contribution >= 4 is 35.2 Å². The number of aryl methyl sites for hydroxylation is 1. The van der Waals surface area contributed by atoms with Crippen LogP contribution in [0.1, 0.15) is 22.2 Å². The fourth-order valence-corrected chi connectivity index (χ4v) is 1.85. The van der Waals surface area contributed by atoms with Gasteiger partial charge in [0.05, 0.1) is 0 Å². The van der Waals surface area contributed by atoms with E-state index in [9.17, 15) is 0 Å². The maximum Gasteiger partial charge on any atom is 0.0388 e. The van der Waals surface area contributed by atoms with Crippen LogP contribution in [0.2, 0.25) is 0 Å². The Balaban J connectivity index is 0.000000720. The molecular weight excluding hydrogens is 155 g/mol. The SMILES string of the molecule is Cc1cccc2c1C=CC2[Si].[Li]. The summed E-state index contributed by atoms with van der Waals surface area (Å²) in [7, 11) is 3.63. The predicted octanol–water partition coefficient (Wildman–Crippen LogP) is 1.85. The van der Waals surface area contributed by atoms with Crippen LogP contribution in [0.4, 0.5) is 0 Å². The molecule has 54 valence electrons. The van der Waals surface area contributed by atoms with Crippen molar-refractivity contribution in [1.82, 2.24) is 0 Å². The standard InChI is InChI=1S/C10H9Si.Li/c1-7-3-2-4-9-8(7)5-6-10(9)11;/h2-6,10H,1H3;. The first-order chi connectivity index (χ1) is 5.29. The Morgan fingerprint density at radius 3 is 2.75 bits per heavy atom. The van der Waals surface area contributed by atoms with Crippen molar-refractivity contribution in [3.63, 3.8) is 0 Å². The van der Waals surface area contributed by atoms with E-state index in [1.807, 2.05) is 0 Å². The molecule has 1 aliphatic carbocycles. The second kappa shape index (κ2) is 3.66. The van der Waals surface area contributed by atoms with E-state index in [0.29, 0.717) is 5.54 Å². The number of fused-ring (bicyclic) bond motifs is 1. The molecule has 0 saturated carbocycles. The average molecular weight is 164 g/mol. The van der Waals surface area contributed by atoms with Crippen LogP contribution in [0.15, 0.2) is 24.3 Å². The Bertz CT molecular complexity index is 318. The summed E-state index contributed by atoms with van der Waals surface area (Å²) in [6, 6.07) is 6.42. The molecule has 0 fully saturated rings. The molecular formula is C10H9LiSi. The van der Waals surface area contributed by atoms with E-state index >= 15 is 0 Å². The minimum Gasteiger partial charge on any atom is -0.0800 e. The van der Waals surface area contributed by atoms with Crippen molar-refractivity contribution in [3.05, 3.63) is 41.0 Å². The van der Waals surface area contributed by atoms with Gasteiger partial charge in [-0.1, -0.05) is 30.4 Å². The quantitative estimate of drug-likeness (QED) is 0.513. The van der Waals surface area contributed by atoms with E-state index in [0.717, 1.165) is 0 Å². The maximum atomic E-state index is 3.63. The molecule has 4 radical (unpaired) electrons. The zero-order chi connectivity index (χ0) is 7.84. The molecule has 1 aromatic carbocycles. The van der Waals surface area contributed by atoms with Crippen molar-refractivity contribution < 1.29 is 0 Å². The van der Waals surface area contributed by atoms with Gasteiger partial charge in [0.1, 0.15) is 0 Å². The first-order valence-corrected chi connectivity index (χ1v) is 4.35. The topological polar surface area (TPSA) is 0 Å². The smallest absolute Gasteiger partial charge is 0.0388 e. The molecule has 0 aromatic heterocycles. The molecule has 0 amide bonds. The Kier molecular flexibility index (Phi) is 3.01. The minimum atomic E-state index is 0. The first kappa shape index (κ1) is 9.86. The fraction of sp³-hybridized carbons (Fsp3) is 0.200. The van der Waals surface area contributed by atoms with Gasteiger partial charge in [-0.25, -0.2) is 0 Å². The number of benzene rings is 1. The van der Waals surface area contributed by atoms with Gasteiger partial charge in [0.15, 0.2) is 0 Å². The molecule has 0 bridgehead atoms. The van der Waals surface area contributed by atoms with E-state index in [4.69, 9.17) is 0 Å². The Morgan fingerprint density at radius 1 is 1.33 bits per heavy atom. The normalized spacial score (nSPS) is 18.7. The van der Waals surface area contributed by atoms with E-state index in [1.165, 1.54) is 16.7 Å². The molecule has 0 nitrogen and oxygen atoms in total. The third-order valence-electron chi connectivity index (χ3n) is 2.15. The molecule has 1 unspecified atom stereocenters. The van der Waals surface area contributed by atoms with Crippen molar-refractivity contribution in [2.24, 2.45) is 0 Å². The third-order valence-corrected chi connectivity index (χ3v) is 2.65. The summed E-state index contributed by atoms with van der Waals surface area (Å²) in [6.45, 7) is 2.15. The number of rotatable bonds is 0. The van der Waals surface area contributed by atoms with E-state index in [2.05, 4.69) is 47.5 Å². The van der Waals surface area contributed by atoms with Crippen LogP contribution in [0, 0.1) is 6.92 Å². The van der Waals surface area contributed by atoms with Crippen LogP contribution in [0.5, 0.6) is 0 Å². The second-order valence-electron chi connectivity index (χ2n) is 2.91. The van der Waals surface area contributed by atoms with E-state index < -0.39 is 0 Å². The molecule has 2 heteroatoms. The molecule has 0 heterocycles. The summed E-state index contributed by atoms with van der Waals surface area (Å²) in [5.41, 5.74) is 4.55. The fourth-order valence-electron chi connectivity index (χ4n) is 1.50. The zero-order valence-electron chi connectivity index (χ0n) is 7.46. The van der Waals surface area contributed by atoms with Gasteiger partial charge in [0.2, 0.25) is 0 Å². The molecule has 0 aliphatic heterocycles. The monoisotopic (exact) mass is 164 g/mol. The van der Waals surface area contributed by atoms with Gasteiger partial charge in [-0.3, -0.25) is 0 Å².